The Balaban J connectivity index is 1.31. The number of benzene rings is 1. The second kappa shape index (κ2) is 8.67. The van der Waals surface area contributed by atoms with Gasteiger partial charge in [0.2, 0.25) is 0 Å². The van der Waals surface area contributed by atoms with Gasteiger partial charge in [-0.2, -0.15) is 0 Å². The number of hydrogen-bond donors (Lipinski definition) is 1. The van der Waals surface area contributed by atoms with Crippen LogP contribution >= 0.6 is 0 Å². The van der Waals surface area contributed by atoms with Crippen molar-refractivity contribution in [1.82, 2.24) is 19.4 Å². The van der Waals surface area contributed by atoms with E-state index in [0.29, 0.717) is 32.5 Å². The van der Waals surface area contributed by atoms with Crippen LogP contribution in [0.1, 0.15) is 53.8 Å². The molecule has 0 bridgehead atoms. The third-order valence-corrected chi connectivity index (χ3v) is 6.43. The number of amides is 1. The first-order chi connectivity index (χ1) is 14.0. The van der Waals surface area contributed by atoms with E-state index in [0.717, 1.165) is 17.9 Å². The zero-order valence-electron chi connectivity index (χ0n) is 17.4. The lowest BCUT2D eigenvalue weighted by molar-refractivity contribution is -0.0295. The molecule has 1 amide bonds. The molecule has 6 heteroatoms. The lowest BCUT2D eigenvalue weighted by Crippen LogP contribution is -2.48. The number of aromatic nitrogens is 2. The van der Waals surface area contributed by atoms with Crippen LogP contribution in [-0.4, -0.2) is 62.1 Å². The van der Waals surface area contributed by atoms with Crippen molar-refractivity contribution in [2.45, 2.75) is 57.7 Å². The van der Waals surface area contributed by atoms with E-state index in [1.807, 2.05) is 34.7 Å². The number of aryl methyl sites for hydroxylation is 1. The highest BCUT2D eigenvalue weighted by Gasteiger charge is 2.34. The number of hydrogen-bond acceptors (Lipinski definition) is 4. The second-order valence-corrected chi connectivity index (χ2v) is 8.65. The summed E-state index contributed by atoms with van der Waals surface area (Å²) < 4.78 is 1.98. The predicted molar refractivity (Wildman–Crippen MR) is 113 cm³/mol. The molecule has 0 spiro atoms. The maximum absolute atomic E-state index is 12.9. The summed E-state index contributed by atoms with van der Waals surface area (Å²) >= 11 is 0. The Morgan fingerprint density at radius 1 is 1.07 bits per heavy atom. The van der Waals surface area contributed by atoms with Crippen LogP contribution in [-0.2, 0) is 13.1 Å². The van der Waals surface area contributed by atoms with Gasteiger partial charge in [-0.1, -0.05) is 18.6 Å². The lowest BCUT2D eigenvalue weighted by Gasteiger charge is -2.38. The summed E-state index contributed by atoms with van der Waals surface area (Å²) in [5, 5.41) is 10.9. The molecule has 2 saturated heterocycles. The number of imidazole rings is 1. The molecule has 0 radical (unpaired) electrons. The summed E-state index contributed by atoms with van der Waals surface area (Å²) in [7, 11) is 0. The van der Waals surface area contributed by atoms with Gasteiger partial charge in [-0.15, -0.1) is 0 Å². The standard InChI is InChI=1S/C23H32N4O2/c1-19-24-11-16-27(19)18-23(29)9-14-26(15-10-23)22(28)21-7-5-20(6-8-21)17-25-12-3-2-4-13-25/h5-8,11,16,29H,2-4,9-10,12-15,17-18H2,1H3. The molecule has 0 unspecified atom stereocenters. The third-order valence-electron chi connectivity index (χ3n) is 6.43. The molecule has 2 aliphatic rings. The monoisotopic (exact) mass is 396 g/mol. The van der Waals surface area contributed by atoms with Gasteiger partial charge in [-0.25, -0.2) is 4.98 Å². The van der Waals surface area contributed by atoms with Crippen LogP contribution in [0, 0.1) is 6.92 Å². The van der Waals surface area contributed by atoms with Crippen LogP contribution in [0.3, 0.4) is 0 Å². The quantitative estimate of drug-likeness (QED) is 0.844. The van der Waals surface area contributed by atoms with Gasteiger partial charge >= 0.3 is 0 Å². The van der Waals surface area contributed by atoms with Gasteiger partial charge in [-0.3, -0.25) is 9.69 Å². The first kappa shape index (κ1) is 20.1. The van der Waals surface area contributed by atoms with Crippen molar-refractivity contribution in [3.63, 3.8) is 0 Å². The van der Waals surface area contributed by atoms with E-state index in [1.165, 1.54) is 37.9 Å². The number of likely N-dealkylation sites (tertiary alicyclic amines) is 2. The van der Waals surface area contributed by atoms with Crippen LogP contribution in [0.4, 0.5) is 0 Å². The highest BCUT2D eigenvalue weighted by Crippen LogP contribution is 2.26. The van der Waals surface area contributed by atoms with Crippen molar-refractivity contribution in [1.29, 1.82) is 0 Å². The Bertz CT molecular complexity index is 816. The van der Waals surface area contributed by atoms with Gasteiger partial charge in [0.05, 0.1) is 12.1 Å². The molecule has 1 N–H and O–H groups in total. The molecule has 156 valence electrons. The minimum absolute atomic E-state index is 0.0652. The van der Waals surface area contributed by atoms with Crippen molar-refractivity contribution < 1.29 is 9.90 Å². The highest BCUT2D eigenvalue weighted by molar-refractivity contribution is 5.94. The Hall–Kier alpha value is -2.18. The lowest BCUT2D eigenvalue weighted by atomic mass is 9.91. The summed E-state index contributed by atoms with van der Waals surface area (Å²) in [6.45, 7) is 6.96. The fourth-order valence-electron chi connectivity index (χ4n) is 4.48. The zero-order valence-corrected chi connectivity index (χ0v) is 17.4. The smallest absolute Gasteiger partial charge is 0.253 e. The molecular formula is C23H32N4O2. The molecule has 3 heterocycles. The molecule has 1 aromatic heterocycles. The van der Waals surface area contributed by atoms with Crippen molar-refractivity contribution in [3.8, 4) is 0 Å². The third kappa shape index (κ3) is 4.87. The fraction of sp³-hybridized carbons (Fsp3) is 0.565. The first-order valence-electron chi connectivity index (χ1n) is 10.8. The van der Waals surface area contributed by atoms with Crippen molar-refractivity contribution in [2.75, 3.05) is 26.2 Å². The molecule has 0 saturated carbocycles. The first-order valence-corrected chi connectivity index (χ1v) is 10.8. The van der Waals surface area contributed by atoms with Gasteiger partial charge in [0, 0.05) is 37.6 Å². The number of carbonyl (C=O) groups excluding carboxylic acids is 1. The van der Waals surface area contributed by atoms with Gasteiger partial charge < -0.3 is 14.6 Å². The fourth-order valence-corrected chi connectivity index (χ4v) is 4.48. The molecule has 0 atom stereocenters. The Labute approximate surface area is 173 Å². The van der Waals surface area contributed by atoms with Gasteiger partial charge in [0.1, 0.15) is 5.82 Å². The Kier molecular flexibility index (Phi) is 6.01. The summed E-state index contributed by atoms with van der Waals surface area (Å²) in [6, 6.07) is 8.09. The second-order valence-electron chi connectivity index (χ2n) is 8.65. The average Bonchev–Trinajstić information content (AvgIpc) is 3.13. The van der Waals surface area contributed by atoms with Gasteiger partial charge in [0.15, 0.2) is 0 Å². The summed E-state index contributed by atoms with van der Waals surface area (Å²) in [5.74, 6) is 0.969. The molecule has 1 aromatic carbocycles. The van der Waals surface area contributed by atoms with E-state index >= 15 is 0 Å². The van der Waals surface area contributed by atoms with Crippen LogP contribution < -0.4 is 0 Å². The zero-order chi connectivity index (χ0) is 20.3. The van der Waals surface area contributed by atoms with E-state index < -0.39 is 5.60 Å². The van der Waals surface area contributed by atoms with Crippen molar-refractivity contribution in [2.24, 2.45) is 0 Å². The van der Waals surface area contributed by atoms with Crippen LogP contribution in [0.2, 0.25) is 0 Å². The number of carbonyl (C=O) groups is 1. The average molecular weight is 397 g/mol. The van der Waals surface area contributed by atoms with E-state index in [1.54, 1.807) is 6.20 Å². The number of rotatable bonds is 5. The van der Waals surface area contributed by atoms with Gasteiger partial charge in [-0.05, 0) is 63.4 Å². The normalized spacial score (nSPS) is 20.0. The molecule has 4 rings (SSSR count). The molecular weight excluding hydrogens is 364 g/mol. The predicted octanol–water partition coefficient (Wildman–Crippen LogP) is 2.84. The maximum Gasteiger partial charge on any atom is 0.253 e. The summed E-state index contributed by atoms with van der Waals surface area (Å²) in [6.07, 6.45) is 8.75. The van der Waals surface area contributed by atoms with E-state index in [4.69, 9.17) is 0 Å². The topological polar surface area (TPSA) is 61.6 Å². The molecule has 2 aliphatic heterocycles. The minimum atomic E-state index is -0.777. The Morgan fingerprint density at radius 2 is 1.76 bits per heavy atom. The van der Waals surface area contributed by atoms with Crippen molar-refractivity contribution in [3.05, 3.63) is 53.6 Å². The SMILES string of the molecule is Cc1nccn1CC1(O)CCN(C(=O)c2ccc(CN3CCCCC3)cc2)CC1. The largest absolute Gasteiger partial charge is 0.388 e. The van der Waals surface area contributed by atoms with E-state index in [-0.39, 0.29) is 5.91 Å². The number of nitrogens with zero attached hydrogens (tertiary/aromatic N) is 4. The van der Waals surface area contributed by atoms with Gasteiger partial charge in [0.25, 0.3) is 5.91 Å². The number of aliphatic hydroxyl groups is 1. The molecule has 0 aliphatic carbocycles. The van der Waals surface area contributed by atoms with Crippen LogP contribution in [0.5, 0.6) is 0 Å². The summed E-state index contributed by atoms with van der Waals surface area (Å²) in [5.41, 5.74) is 1.23. The van der Waals surface area contributed by atoms with E-state index in [9.17, 15) is 9.90 Å². The van der Waals surface area contributed by atoms with Crippen LogP contribution in [0.25, 0.3) is 0 Å². The highest BCUT2D eigenvalue weighted by atomic mass is 16.3. The molecule has 2 fully saturated rings. The van der Waals surface area contributed by atoms with Crippen molar-refractivity contribution >= 4 is 5.91 Å². The summed E-state index contributed by atoms with van der Waals surface area (Å²) in [4.78, 5) is 21.5. The number of piperidine rings is 2. The molecule has 2 aromatic rings. The Morgan fingerprint density at radius 3 is 2.38 bits per heavy atom. The maximum atomic E-state index is 12.9. The minimum Gasteiger partial charge on any atom is -0.388 e. The molecule has 29 heavy (non-hydrogen) atoms. The van der Waals surface area contributed by atoms with E-state index in [2.05, 4.69) is 22.0 Å². The van der Waals surface area contributed by atoms with Crippen LogP contribution in [0.15, 0.2) is 36.7 Å². The molecule has 6 nitrogen and oxygen atoms in total.